The third-order valence-corrected chi connectivity index (χ3v) is 4.19. The first-order chi connectivity index (χ1) is 10.9. The highest BCUT2D eigenvalue weighted by Crippen LogP contribution is 2.27. The fraction of sp³-hybridized carbons (Fsp3) is 0.529. The molecule has 0 aromatic heterocycles. The molecule has 6 heteroatoms. The molecule has 2 rings (SSSR count). The van der Waals surface area contributed by atoms with E-state index in [0.29, 0.717) is 24.5 Å². The van der Waals surface area contributed by atoms with E-state index in [2.05, 4.69) is 0 Å². The maximum atomic E-state index is 12.6. The van der Waals surface area contributed by atoms with Crippen LogP contribution in [0.25, 0.3) is 0 Å². The van der Waals surface area contributed by atoms with Crippen molar-refractivity contribution >= 4 is 11.9 Å². The van der Waals surface area contributed by atoms with Gasteiger partial charge in [0.25, 0.3) is 0 Å². The molecule has 1 aromatic rings. The van der Waals surface area contributed by atoms with E-state index in [9.17, 15) is 14.7 Å². The van der Waals surface area contributed by atoms with Crippen LogP contribution in [0.15, 0.2) is 18.2 Å². The van der Waals surface area contributed by atoms with E-state index in [1.807, 2.05) is 6.92 Å². The monoisotopic (exact) mass is 321 g/mol. The fourth-order valence-corrected chi connectivity index (χ4v) is 3.03. The summed E-state index contributed by atoms with van der Waals surface area (Å²) in [6.45, 7) is 2.83. The summed E-state index contributed by atoms with van der Waals surface area (Å²) in [5.74, 6) is 0.0431. The van der Waals surface area contributed by atoms with Gasteiger partial charge in [0.05, 0.1) is 26.6 Å². The van der Waals surface area contributed by atoms with Crippen LogP contribution in [0.4, 0.5) is 0 Å². The third kappa shape index (κ3) is 4.15. The minimum atomic E-state index is -0.840. The van der Waals surface area contributed by atoms with Crippen LogP contribution < -0.4 is 9.47 Å². The first-order valence-corrected chi connectivity index (χ1v) is 7.66. The molecule has 1 aliphatic rings. The quantitative estimate of drug-likeness (QED) is 0.895. The number of methoxy groups -OCH3 is 2. The molecule has 1 aromatic carbocycles. The van der Waals surface area contributed by atoms with E-state index >= 15 is 0 Å². The summed E-state index contributed by atoms with van der Waals surface area (Å²) < 4.78 is 10.5. The van der Waals surface area contributed by atoms with Crippen molar-refractivity contribution in [1.29, 1.82) is 0 Å². The first-order valence-electron chi connectivity index (χ1n) is 7.66. The Kier molecular flexibility index (Phi) is 5.47. The minimum absolute atomic E-state index is 0.0886. The second-order valence-electron chi connectivity index (χ2n) is 6.03. The van der Waals surface area contributed by atoms with E-state index in [4.69, 9.17) is 9.47 Å². The van der Waals surface area contributed by atoms with Crippen LogP contribution in [0.5, 0.6) is 11.5 Å². The predicted octanol–water partition coefficient (Wildman–Crippen LogP) is 1.82. The number of carbonyl (C=O) groups excluding carboxylic acids is 1. The van der Waals surface area contributed by atoms with Gasteiger partial charge in [-0.25, -0.2) is 0 Å². The maximum absolute atomic E-state index is 12.6. The van der Waals surface area contributed by atoms with Crippen LogP contribution >= 0.6 is 0 Å². The van der Waals surface area contributed by atoms with E-state index < -0.39 is 11.9 Å². The fourth-order valence-electron chi connectivity index (χ4n) is 3.03. The maximum Gasteiger partial charge on any atom is 0.308 e. The lowest BCUT2D eigenvalue weighted by atomic mass is 9.90. The molecule has 0 bridgehead atoms. The Hall–Kier alpha value is -2.24. The number of carboxylic acid groups (broad SMARTS) is 1. The zero-order valence-electron chi connectivity index (χ0n) is 13.7. The van der Waals surface area contributed by atoms with Crippen LogP contribution in [-0.2, 0) is 16.0 Å². The Labute approximate surface area is 136 Å². The van der Waals surface area contributed by atoms with Gasteiger partial charge in [-0.2, -0.15) is 0 Å². The van der Waals surface area contributed by atoms with Crippen LogP contribution in [0.2, 0.25) is 0 Å². The minimum Gasteiger partial charge on any atom is -0.497 e. The number of aliphatic carboxylic acids is 1. The number of ether oxygens (including phenoxy) is 2. The number of likely N-dealkylation sites (tertiary alicyclic amines) is 1. The Morgan fingerprint density at radius 1 is 1.26 bits per heavy atom. The average molecular weight is 321 g/mol. The molecule has 0 saturated carbocycles. The molecule has 126 valence electrons. The number of hydrogen-bond donors (Lipinski definition) is 1. The van der Waals surface area contributed by atoms with Crippen molar-refractivity contribution in [3.8, 4) is 11.5 Å². The second kappa shape index (κ2) is 7.35. The molecule has 1 fully saturated rings. The molecule has 0 aliphatic carbocycles. The van der Waals surface area contributed by atoms with Crippen molar-refractivity contribution < 1.29 is 24.2 Å². The molecule has 1 amide bonds. The zero-order chi connectivity index (χ0) is 17.0. The van der Waals surface area contributed by atoms with Crippen LogP contribution in [0, 0.1) is 11.8 Å². The molecule has 1 saturated heterocycles. The van der Waals surface area contributed by atoms with Crippen molar-refractivity contribution in [3.63, 3.8) is 0 Å². The lowest BCUT2D eigenvalue weighted by Gasteiger charge is -2.34. The van der Waals surface area contributed by atoms with Gasteiger partial charge < -0.3 is 19.5 Å². The van der Waals surface area contributed by atoms with E-state index in [0.717, 1.165) is 5.56 Å². The predicted molar refractivity (Wildman–Crippen MR) is 84.7 cm³/mol. The van der Waals surface area contributed by atoms with Gasteiger partial charge in [0.15, 0.2) is 0 Å². The van der Waals surface area contributed by atoms with Gasteiger partial charge in [0, 0.05) is 18.7 Å². The SMILES string of the molecule is COc1ccc(OC)c(CC(=O)N2CC(C)CC(C(=O)O)C2)c1. The molecule has 2 unspecified atom stereocenters. The second-order valence-corrected chi connectivity index (χ2v) is 6.03. The number of amides is 1. The van der Waals surface area contributed by atoms with Crippen molar-refractivity contribution in [3.05, 3.63) is 23.8 Å². The highest BCUT2D eigenvalue weighted by atomic mass is 16.5. The van der Waals surface area contributed by atoms with E-state index in [1.165, 1.54) is 0 Å². The number of hydrogen-bond acceptors (Lipinski definition) is 4. The smallest absolute Gasteiger partial charge is 0.308 e. The molecule has 0 spiro atoms. The number of rotatable bonds is 5. The Morgan fingerprint density at radius 3 is 2.61 bits per heavy atom. The average Bonchev–Trinajstić information content (AvgIpc) is 2.54. The van der Waals surface area contributed by atoms with Crippen molar-refractivity contribution in [2.24, 2.45) is 11.8 Å². The topological polar surface area (TPSA) is 76.1 Å². The summed E-state index contributed by atoms with van der Waals surface area (Å²) >= 11 is 0. The zero-order valence-corrected chi connectivity index (χ0v) is 13.7. The molecule has 2 atom stereocenters. The summed E-state index contributed by atoms with van der Waals surface area (Å²) in [6, 6.07) is 5.31. The third-order valence-electron chi connectivity index (χ3n) is 4.19. The van der Waals surface area contributed by atoms with Crippen molar-refractivity contribution in [2.75, 3.05) is 27.3 Å². The van der Waals surface area contributed by atoms with Crippen LogP contribution in [-0.4, -0.2) is 49.2 Å². The van der Waals surface area contributed by atoms with Gasteiger partial charge in [0.2, 0.25) is 5.91 Å². The number of nitrogens with zero attached hydrogens (tertiary/aromatic N) is 1. The van der Waals surface area contributed by atoms with Crippen LogP contribution in [0.3, 0.4) is 0 Å². The Bertz CT molecular complexity index is 586. The molecule has 1 aliphatic heterocycles. The lowest BCUT2D eigenvalue weighted by Crippen LogP contribution is -2.46. The molecular weight excluding hydrogens is 298 g/mol. The molecule has 23 heavy (non-hydrogen) atoms. The molecule has 1 N–H and O–H groups in total. The summed E-state index contributed by atoms with van der Waals surface area (Å²) in [4.78, 5) is 25.5. The van der Waals surface area contributed by atoms with Gasteiger partial charge in [-0.05, 0) is 30.5 Å². The Morgan fingerprint density at radius 2 is 2.00 bits per heavy atom. The van der Waals surface area contributed by atoms with Gasteiger partial charge in [-0.1, -0.05) is 6.92 Å². The number of benzene rings is 1. The first kappa shape index (κ1) is 17.1. The van der Waals surface area contributed by atoms with Gasteiger partial charge in [-0.15, -0.1) is 0 Å². The highest BCUT2D eigenvalue weighted by Gasteiger charge is 2.32. The van der Waals surface area contributed by atoms with E-state index in [1.54, 1.807) is 37.3 Å². The van der Waals surface area contributed by atoms with Gasteiger partial charge in [-0.3, -0.25) is 9.59 Å². The van der Waals surface area contributed by atoms with Crippen molar-refractivity contribution in [1.82, 2.24) is 4.90 Å². The lowest BCUT2D eigenvalue weighted by molar-refractivity contribution is -0.146. The summed E-state index contributed by atoms with van der Waals surface area (Å²) in [5.41, 5.74) is 0.738. The number of carboxylic acids is 1. The molecular formula is C17H23NO5. The molecule has 6 nitrogen and oxygen atoms in total. The molecule has 1 heterocycles. The Balaban J connectivity index is 2.13. The van der Waals surface area contributed by atoms with Crippen molar-refractivity contribution in [2.45, 2.75) is 19.8 Å². The standard InChI is InChI=1S/C17H23NO5/c1-11-6-13(17(20)21)10-18(9-11)16(19)8-12-7-14(22-2)4-5-15(12)23-3/h4-5,7,11,13H,6,8-10H2,1-3H3,(H,20,21). The van der Waals surface area contributed by atoms with Crippen LogP contribution in [0.1, 0.15) is 18.9 Å². The molecule has 0 radical (unpaired) electrons. The number of carbonyl (C=O) groups is 2. The summed E-state index contributed by atoms with van der Waals surface area (Å²) in [7, 11) is 3.12. The van der Waals surface area contributed by atoms with Gasteiger partial charge >= 0.3 is 5.97 Å². The van der Waals surface area contributed by atoms with Gasteiger partial charge in [0.1, 0.15) is 11.5 Å². The van der Waals surface area contributed by atoms with E-state index in [-0.39, 0.29) is 24.8 Å². The normalized spacial score (nSPS) is 20.9. The summed E-state index contributed by atoms with van der Waals surface area (Å²) in [6.07, 6.45) is 0.779. The number of piperidine rings is 1. The highest BCUT2D eigenvalue weighted by molar-refractivity contribution is 5.81. The largest absolute Gasteiger partial charge is 0.497 e. The summed E-state index contributed by atoms with van der Waals surface area (Å²) in [5, 5.41) is 9.22.